The largest absolute Gasteiger partial charge is 0.480 e. The van der Waals surface area contributed by atoms with E-state index in [1.807, 2.05) is 0 Å². The van der Waals surface area contributed by atoms with Gasteiger partial charge >= 0.3 is 5.97 Å². The number of nitro groups is 1. The number of nitrogens with zero attached hydrogens (tertiary/aromatic N) is 2. The number of hydrogen-bond acceptors (Lipinski definition) is 5. The molecule has 112 valence electrons. The Balaban J connectivity index is 2.18. The van der Waals surface area contributed by atoms with Crippen molar-refractivity contribution in [3.8, 4) is 0 Å². The lowest BCUT2D eigenvalue weighted by Gasteiger charge is -2.21. The van der Waals surface area contributed by atoms with Gasteiger partial charge in [0.25, 0.3) is 5.69 Å². The minimum Gasteiger partial charge on any atom is -0.480 e. The normalized spacial score (nSPS) is 21.3. The Bertz CT molecular complexity index is 588. The summed E-state index contributed by atoms with van der Waals surface area (Å²) in [4.78, 5) is 34.6. The van der Waals surface area contributed by atoms with Gasteiger partial charge in [0.15, 0.2) is 0 Å². The third kappa shape index (κ3) is 3.16. The van der Waals surface area contributed by atoms with Crippen LogP contribution in [0.3, 0.4) is 0 Å². The molecule has 1 aromatic rings. The van der Waals surface area contributed by atoms with Gasteiger partial charge in [0.2, 0.25) is 5.91 Å². The fraction of sp³-hybridized carbons (Fsp3) is 0.385. The van der Waals surface area contributed by atoms with Crippen molar-refractivity contribution < 1.29 is 24.7 Å². The van der Waals surface area contributed by atoms with E-state index in [0.717, 1.165) is 4.90 Å². The number of aliphatic carboxylic acids is 1. The Morgan fingerprint density at radius 1 is 1.38 bits per heavy atom. The van der Waals surface area contributed by atoms with E-state index in [4.69, 9.17) is 5.11 Å². The minimum atomic E-state index is -1.19. The van der Waals surface area contributed by atoms with Crippen molar-refractivity contribution in [2.24, 2.45) is 0 Å². The highest BCUT2D eigenvalue weighted by Crippen LogP contribution is 2.23. The number of carbonyl (C=O) groups excluding carboxylic acids is 1. The van der Waals surface area contributed by atoms with Crippen molar-refractivity contribution in [1.29, 1.82) is 0 Å². The summed E-state index contributed by atoms with van der Waals surface area (Å²) in [5.74, 6) is -1.74. The number of carbonyl (C=O) groups is 2. The van der Waals surface area contributed by atoms with Gasteiger partial charge < -0.3 is 15.1 Å². The molecule has 1 amide bonds. The molecule has 1 fully saturated rings. The molecule has 1 aliphatic rings. The van der Waals surface area contributed by atoms with Gasteiger partial charge in [0.1, 0.15) is 6.04 Å². The Hall–Kier alpha value is -2.48. The molecule has 0 bridgehead atoms. The first-order chi connectivity index (χ1) is 9.90. The topological polar surface area (TPSA) is 121 Å². The first kappa shape index (κ1) is 14.9. The summed E-state index contributed by atoms with van der Waals surface area (Å²) in [6.45, 7) is -0.0730. The van der Waals surface area contributed by atoms with Crippen LogP contribution in [0.4, 0.5) is 5.69 Å². The molecule has 0 aliphatic carbocycles. The van der Waals surface area contributed by atoms with E-state index >= 15 is 0 Å². The molecule has 2 atom stereocenters. The quantitative estimate of drug-likeness (QED) is 0.603. The number of para-hydroxylation sites is 1. The number of rotatable bonds is 4. The number of β-amino-alcohol motifs (C(OH)–C–C–N with tert-alkyl or cyclic N) is 1. The lowest BCUT2D eigenvalue weighted by Crippen LogP contribution is -2.41. The van der Waals surface area contributed by atoms with Crippen LogP contribution in [0.2, 0.25) is 0 Å². The Labute approximate surface area is 119 Å². The third-order valence-electron chi connectivity index (χ3n) is 3.41. The van der Waals surface area contributed by atoms with Crippen LogP contribution in [0.1, 0.15) is 12.0 Å². The molecule has 8 heteroatoms. The van der Waals surface area contributed by atoms with Gasteiger partial charge in [-0.15, -0.1) is 0 Å². The Morgan fingerprint density at radius 3 is 2.67 bits per heavy atom. The number of aliphatic hydroxyl groups is 1. The average Bonchev–Trinajstić information content (AvgIpc) is 2.81. The first-order valence-corrected chi connectivity index (χ1v) is 6.32. The van der Waals surface area contributed by atoms with Crippen LogP contribution in [-0.4, -0.2) is 50.6 Å². The maximum atomic E-state index is 12.2. The van der Waals surface area contributed by atoms with Crippen LogP contribution >= 0.6 is 0 Å². The zero-order valence-corrected chi connectivity index (χ0v) is 11.0. The van der Waals surface area contributed by atoms with Crippen molar-refractivity contribution >= 4 is 17.6 Å². The number of benzene rings is 1. The summed E-state index contributed by atoms with van der Waals surface area (Å²) in [7, 11) is 0. The number of amides is 1. The Kier molecular flexibility index (Phi) is 4.18. The zero-order valence-electron chi connectivity index (χ0n) is 11.0. The fourth-order valence-electron chi connectivity index (χ4n) is 2.43. The number of hydrogen-bond donors (Lipinski definition) is 2. The molecule has 0 unspecified atom stereocenters. The van der Waals surface area contributed by atoms with E-state index < -0.39 is 28.9 Å². The predicted octanol–water partition coefficient (Wildman–Crippen LogP) is 0.184. The smallest absolute Gasteiger partial charge is 0.326 e. The van der Waals surface area contributed by atoms with Gasteiger partial charge in [0, 0.05) is 24.6 Å². The summed E-state index contributed by atoms with van der Waals surface area (Å²) in [5.41, 5.74) is 0.0375. The number of carboxylic acids is 1. The molecule has 1 aliphatic heterocycles. The highest BCUT2D eigenvalue weighted by Gasteiger charge is 2.39. The maximum absolute atomic E-state index is 12.2. The molecule has 1 aromatic carbocycles. The second-order valence-corrected chi connectivity index (χ2v) is 4.85. The minimum absolute atomic E-state index is 0.0298. The summed E-state index contributed by atoms with van der Waals surface area (Å²) in [6.07, 6.45) is -1.19. The zero-order chi connectivity index (χ0) is 15.6. The van der Waals surface area contributed by atoms with E-state index in [1.165, 1.54) is 18.2 Å². The molecule has 0 aromatic heterocycles. The fourth-order valence-corrected chi connectivity index (χ4v) is 2.43. The number of nitro benzene ring substituents is 1. The molecule has 2 rings (SSSR count). The van der Waals surface area contributed by atoms with E-state index in [2.05, 4.69) is 0 Å². The lowest BCUT2D eigenvalue weighted by atomic mass is 10.1. The second-order valence-electron chi connectivity index (χ2n) is 4.85. The Morgan fingerprint density at radius 2 is 2.05 bits per heavy atom. The molecule has 1 saturated heterocycles. The van der Waals surface area contributed by atoms with Gasteiger partial charge in [-0.25, -0.2) is 4.79 Å². The van der Waals surface area contributed by atoms with E-state index in [9.17, 15) is 24.8 Å². The first-order valence-electron chi connectivity index (χ1n) is 6.32. The lowest BCUT2D eigenvalue weighted by molar-refractivity contribution is -0.385. The van der Waals surface area contributed by atoms with Crippen LogP contribution in [0.5, 0.6) is 0 Å². The second kappa shape index (κ2) is 5.88. The highest BCUT2D eigenvalue weighted by molar-refractivity contribution is 5.86. The SMILES string of the molecule is O=C(O)[C@@H]1C[C@H](O)CN1C(=O)Cc1ccccc1[N+](=O)[O-]. The van der Waals surface area contributed by atoms with Gasteiger partial charge in [0.05, 0.1) is 17.4 Å². The van der Waals surface area contributed by atoms with E-state index in [-0.39, 0.29) is 30.6 Å². The molecule has 21 heavy (non-hydrogen) atoms. The predicted molar refractivity (Wildman–Crippen MR) is 70.6 cm³/mol. The molecular formula is C13H14N2O6. The average molecular weight is 294 g/mol. The summed E-state index contributed by atoms with van der Waals surface area (Å²) < 4.78 is 0. The molecule has 0 radical (unpaired) electrons. The van der Waals surface area contributed by atoms with Gasteiger partial charge in [-0.2, -0.15) is 0 Å². The standard InChI is InChI=1S/C13H14N2O6/c16-9-6-11(13(18)19)14(7-9)12(17)5-8-3-1-2-4-10(8)15(20)21/h1-4,9,11,16H,5-7H2,(H,18,19)/t9-,11-/m0/s1. The number of carboxylic acid groups (broad SMARTS) is 1. The number of aliphatic hydroxyl groups excluding tert-OH is 1. The molecule has 8 nitrogen and oxygen atoms in total. The maximum Gasteiger partial charge on any atom is 0.326 e. The summed E-state index contributed by atoms with van der Waals surface area (Å²) in [5, 5.41) is 29.5. The van der Waals surface area contributed by atoms with E-state index in [0.29, 0.717) is 0 Å². The van der Waals surface area contributed by atoms with Crippen molar-refractivity contribution in [2.75, 3.05) is 6.54 Å². The molecular weight excluding hydrogens is 280 g/mol. The molecule has 0 spiro atoms. The van der Waals surface area contributed by atoms with Gasteiger partial charge in [-0.05, 0) is 0 Å². The molecule has 1 heterocycles. The monoisotopic (exact) mass is 294 g/mol. The number of likely N-dealkylation sites (tertiary alicyclic amines) is 1. The van der Waals surface area contributed by atoms with Gasteiger partial charge in [-0.3, -0.25) is 14.9 Å². The molecule has 2 N–H and O–H groups in total. The van der Waals surface area contributed by atoms with Crippen LogP contribution < -0.4 is 0 Å². The van der Waals surface area contributed by atoms with Crippen LogP contribution in [-0.2, 0) is 16.0 Å². The molecule has 0 saturated carbocycles. The van der Waals surface area contributed by atoms with Crippen molar-refractivity contribution in [3.63, 3.8) is 0 Å². The third-order valence-corrected chi connectivity index (χ3v) is 3.41. The van der Waals surface area contributed by atoms with Crippen LogP contribution in [0, 0.1) is 10.1 Å². The van der Waals surface area contributed by atoms with E-state index in [1.54, 1.807) is 6.07 Å². The summed E-state index contributed by atoms with van der Waals surface area (Å²) in [6, 6.07) is 4.72. The van der Waals surface area contributed by atoms with Crippen molar-refractivity contribution in [3.05, 3.63) is 39.9 Å². The van der Waals surface area contributed by atoms with Crippen molar-refractivity contribution in [2.45, 2.75) is 25.0 Å². The van der Waals surface area contributed by atoms with Gasteiger partial charge in [-0.1, -0.05) is 18.2 Å². The summed E-state index contributed by atoms with van der Waals surface area (Å²) >= 11 is 0. The van der Waals surface area contributed by atoms with Crippen LogP contribution in [0.15, 0.2) is 24.3 Å². The highest BCUT2D eigenvalue weighted by atomic mass is 16.6. The van der Waals surface area contributed by atoms with Crippen molar-refractivity contribution in [1.82, 2.24) is 4.90 Å². The van der Waals surface area contributed by atoms with Crippen LogP contribution in [0.25, 0.3) is 0 Å².